The maximum Gasteiger partial charge on any atom is 0.0230 e. The number of fused-ring (bicyclic) bond motifs is 2. The molecule has 0 spiro atoms. The van der Waals surface area contributed by atoms with E-state index in [1.165, 1.54) is 19.3 Å². The summed E-state index contributed by atoms with van der Waals surface area (Å²) < 4.78 is 0. The largest absolute Gasteiger partial charge is 0.175 e. The third kappa shape index (κ3) is 1.24. The normalized spacial score (nSPS) is 45.5. The molecule has 0 saturated carbocycles. The van der Waals surface area contributed by atoms with Gasteiger partial charge in [0.2, 0.25) is 0 Å². The lowest BCUT2D eigenvalue weighted by Crippen LogP contribution is -2.28. The summed E-state index contributed by atoms with van der Waals surface area (Å²) in [6, 6.07) is 0. The highest BCUT2D eigenvalue weighted by molar-refractivity contribution is 8.01. The molecule has 2 heterocycles. The van der Waals surface area contributed by atoms with Gasteiger partial charge in [-0.2, -0.15) is 12.6 Å². The highest BCUT2D eigenvalue weighted by Crippen LogP contribution is 2.39. The van der Waals surface area contributed by atoms with E-state index in [1.807, 2.05) is 0 Å². The first-order valence-electron chi connectivity index (χ1n) is 3.86. The zero-order valence-electron chi connectivity index (χ0n) is 5.86. The van der Waals surface area contributed by atoms with E-state index in [9.17, 15) is 0 Å². The summed E-state index contributed by atoms with van der Waals surface area (Å²) in [6.45, 7) is 0. The van der Waals surface area contributed by atoms with Gasteiger partial charge < -0.3 is 0 Å². The Labute approximate surface area is 71.9 Å². The van der Waals surface area contributed by atoms with Crippen molar-refractivity contribution in [1.29, 1.82) is 0 Å². The van der Waals surface area contributed by atoms with Crippen LogP contribution in [0.4, 0.5) is 0 Å². The Balaban J connectivity index is 2.11. The highest BCUT2D eigenvalue weighted by Gasteiger charge is 2.28. The summed E-state index contributed by atoms with van der Waals surface area (Å²) in [5, 5.41) is 2.29. The molecule has 2 bridgehead atoms. The van der Waals surface area contributed by atoms with Crippen molar-refractivity contribution < 1.29 is 0 Å². The maximum absolute atomic E-state index is 4.56. The van der Waals surface area contributed by atoms with E-state index in [4.69, 9.17) is 0 Å². The number of hydrogen-bond acceptors (Lipinski definition) is 2. The van der Waals surface area contributed by atoms with Crippen LogP contribution in [0.1, 0.15) is 19.3 Å². The van der Waals surface area contributed by atoms with E-state index in [-0.39, 0.29) is 0 Å². The van der Waals surface area contributed by atoms with Crippen molar-refractivity contribution in [2.75, 3.05) is 0 Å². The van der Waals surface area contributed by atoms with Gasteiger partial charge in [0, 0.05) is 15.7 Å². The minimum absolute atomic E-state index is 0.659. The van der Waals surface area contributed by atoms with Crippen LogP contribution in [0.2, 0.25) is 0 Å². The Kier molecular flexibility index (Phi) is 2.01. The van der Waals surface area contributed by atoms with Crippen LogP contribution >= 0.6 is 24.4 Å². The van der Waals surface area contributed by atoms with Gasteiger partial charge in [-0.05, 0) is 19.3 Å². The van der Waals surface area contributed by atoms with Crippen molar-refractivity contribution in [3.8, 4) is 0 Å². The quantitative estimate of drug-likeness (QED) is 0.433. The zero-order chi connectivity index (χ0) is 6.97. The standard InChI is InChI=1S/C8H12S2/c9-7-5-4-6-2-1-3-8(7)10-6/h1-2,6-9H,3-5H2/t6-,7+,8+/m0/s1. The van der Waals surface area contributed by atoms with Crippen LogP contribution in [-0.2, 0) is 0 Å². The van der Waals surface area contributed by atoms with Gasteiger partial charge in [-0.3, -0.25) is 0 Å². The molecule has 0 N–H and O–H groups in total. The average Bonchev–Trinajstić information content (AvgIpc) is 1.99. The monoisotopic (exact) mass is 172 g/mol. The number of hydrogen-bond donors (Lipinski definition) is 1. The number of allylic oxidation sites excluding steroid dienone is 1. The Bertz CT molecular complexity index is 153. The fourth-order valence-corrected chi connectivity index (χ4v) is 3.57. The van der Waals surface area contributed by atoms with Crippen LogP contribution in [0.15, 0.2) is 12.2 Å². The van der Waals surface area contributed by atoms with Crippen LogP contribution in [0.25, 0.3) is 0 Å². The van der Waals surface area contributed by atoms with Gasteiger partial charge >= 0.3 is 0 Å². The number of thioether (sulfide) groups is 1. The fraction of sp³-hybridized carbons (Fsp3) is 0.750. The fourth-order valence-electron chi connectivity index (χ4n) is 1.62. The van der Waals surface area contributed by atoms with Crippen LogP contribution in [-0.4, -0.2) is 15.7 Å². The minimum atomic E-state index is 0.659. The molecule has 0 radical (unpaired) electrons. The number of rotatable bonds is 0. The first-order chi connectivity index (χ1) is 4.86. The molecule has 1 saturated heterocycles. The summed E-state index contributed by atoms with van der Waals surface area (Å²) in [5.74, 6) is 0. The molecule has 0 aromatic carbocycles. The second kappa shape index (κ2) is 2.82. The molecule has 0 aromatic rings. The molecule has 1 fully saturated rings. The lowest BCUT2D eigenvalue weighted by Gasteiger charge is -2.34. The van der Waals surface area contributed by atoms with Gasteiger partial charge in [0.1, 0.15) is 0 Å². The van der Waals surface area contributed by atoms with Crippen LogP contribution in [0.3, 0.4) is 0 Å². The topological polar surface area (TPSA) is 0 Å². The van der Waals surface area contributed by atoms with Crippen molar-refractivity contribution in [3.05, 3.63) is 12.2 Å². The Morgan fingerprint density at radius 2 is 2.30 bits per heavy atom. The molecular formula is C8H12S2. The minimum Gasteiger partial charge on any atom is -0.175 e. The molecule has 3 atom stereocenters. The molecule has 10 heavy (non-hydrogen) atoms. The van der Waals surface area contributed by atoms with E-state index < -0.39 is 0 Å². The van der Waals surface area contributed by atoms with Gasteiger partial charge in [0.05, 0.1) is 0 Å². The summed E-state index contributed by atoms with van der Waals surface area (Å²) in [4.78, 5) is 0. The lowest BCUT2D eigenvalue weighted by atomic mass is 10.0. The zero-order valence-corrected chi connectivity index (χ0v) is 7.57. The Morgan fingerprint density at radius 3 is 3.10 bits per heavy atom. The SMILES string of the molecule is S[C@@H]1CC[C@@H]2C=CC[C@H]1S2. The summed E-state index contributed by atoms with van der Waals surface area (Å²) >= 11 is 6.67. The maximum atomic E-state index is 4.56. The van der Waals surface area contributed by atoms with E-state index in [0.29, 0.717) is 5.25 Å². The van der Waals surface area contributed by atoms with Gasteiger partial charge in [-0.25, -0.2) is 0 Å². The van der Waals surface area contributed by atoms with E-state index in [1.54, 1.807) is 0 Å². The molecule has 0 unspecified atom stereocenters. The molecule has 2 heteroatoms. The molecule has 0 nitrogen and oxygen atoms in total. The lowest BCUT2D eigenvalue weighted by molar-refractivity contribution is 0.642. The summed E-state index contributed by atoms with van der Waals surface area (Å²) in [5.41, 5.74) is 0. The van der Waals surface area contributed by atoms with Gasteiger partial charge in [-0.1, -0.05) is 12.2 Å². The van der Waals surface area contributed by atoms with Crippen molar-refractivity contribution >= 4 is 24.4 Å². The van der Waals surface area contributed by atoms with Crippen LogP contribution in [0.5, 0.6) is 0 Å². The number of thiol groups is 1. The van der Waals surface area contributed by atoms with Crippen molar-refractivity contribution in [3.63, 3.8) is 0 Å². The van der Waals surface area contributed by atoms with Gasteiger partial charge in [0.15, 0.2) is 0 Å². The smallest absolute Gasteiger partial charge is 0.0230 e. The third-order valence-electron chi connectivity index (χ3n) is 2.24. The third-order valence-corrected chi connectivity index (χ3v) is 4.68. The molecular weight excluding hydrogens is 160 g/mol. The summed E-state index contributed by atoms with van der Waals surface area (Å²) in [7, 11) is 0. The Hall–Kier alpha value is 0.440. The second-order valence-electron chi connectivity index (χ2n) is 3.02. The van der Waals surface area contributed by atoms with E-state index in [0.717, 1.165) is 10.5 Å². The molecule has 0 aromatic heterocycles. The predicted octanol–water partition coefficient (Wildman–Crippen LogP) is 2.51. The molecule has 0 aliphatic carbocycles. The molecule has 2 rings (SSSR count). The molecule has 56 valence electrons. The predicted molar refractivity (Wildman–Crippen MR) is 50.9 cm³/mol. The molecule has 2 aliphatic heterocycles. The van der Waals surface area contributed by atoms with E-state index in [2.05, 4.69) is 36.5 Å². The first-order valence-corrected chi connectivity index (χ1v) is 5.32. The first kappa shape index (κ1) is 7.11. The summed E-state index contributed by atoms with van der Waals surface area (Å²) in [6.07, 6.45) is 8.59. The van der Waals surface area contributed by atoms with Crippen molar-refractivity contribution in [1.82, 2.24) is 0 Å². The Morgan fingerprint density at radius 1 is 1.40 bits per heavy atom. The molecule has 2 aliphatic rings. The van der Waals surface area contributed by atoms with Crippen molar-refractivity contribution in [2.45, 2.75) is 35.0 Å². The van der Waals surface area contributed by atoms with E-state index >= 15 is 0 Å². The van der Waals surface area contributed by atoms with Crippen LogP contribution in [0, 0.1) is 0 Å². The van der Waals surface area contributed by atoms with Crippen LogP contribution < -0.4 is 0 Å². The van der Waals surface area contributed by atoms with Gasteiger partial charge in [-0.15, -0.1) is 11.8 Å². The average molecular weight is 172 g/mol. The second-order valence-corrected chi connectivity index (χ2v) is 5.17. The van der Waals surface area contributed by atoms with Gasteiger partial charge in [0.25, 0.3) is 0 Å². The van der Waals surface area contributed by atoms with Crippen molar-refractivity contribution in [2.24, 2.45) is 0 Å². The highest BCUT2D eigenvalue weighted by atomic mass is 32.2. The molecule has 0 amide bonds.